The first kappa shape index (κ1) is 24.5. The van der Waals surface area contributed by atoms with Crippen LogP contribution in [0.4, 0.5) is 4.39 Å². The number of amides is 1. The number of carbonyl (C=O) groups is 1. The van der Waals surface area contributed by atoms with Crippen LogP contribution >= 0.6 is 11.3 Å². The zero-order chi connectivity index (χ0) is 25.4. The van der Waals surface area contributed by atoms with E-state index in [1.165, 1.54) is 47.0 Å². The molecule has 0 radical (unpaired) electrons. The van der Waals surface area contributed by atoms with Crippen LogP contribution in [0.2, 0.25) is 0 Å². The van der Waals surface area contributed by atoms with E-state index in [1.807, 2.05) is 35.1 Å². The quantitative estimate of drug-likeness (QED) is 0.372. The third-order valence-corrected chi connectivity index (χ3v) is 9.45. The Hall–Kier alpha value is -3.21. The van der Waals surface area contributed by atoms with Crippen LogP contribution in [0.15, 0.2) is 70.9 Å². The van der Waals surface area contributed by atoms with E-state index in [9.17, 15) is 17.6 Å². The molecule has 4 aromatic rings. The number of methoxy groups -OCH3 is 1. The molecule has 1 saturated heterocycles. The molecular weight excluding hydrogens is 501 g/mol. The molecule has 1 aliphatic heterocycles. The summed E-state index contributed by atoms with van der Waals surface area (Å²) in [6, 6.07) is 16.1. The minimum absolute atomic E-state index is 0.164. The summed E-state index contributed by atoms with van der Waals surface area (Å²) < 4.78 is 48.8. The standard InChI is InChI=1S/C26H26FN3O4S2/c1-18-16-28(11-12-30(18)36(32,33)23-8-6-22(34-2)7-9-23)25(31)24-15-20-10-13-35-26(20)29(24)17-19-4-3-5-21(27)14-19/h3-10,13-15,18H,11-12,16-17H2,1-2H3/t18-/m1/s1. The first-order valence-electron chi connectivity index (χ1n) is 11.5. The van der Waals surface area contributed by atoms with Crippen LogP contribution < -0.4 is 4.74 Å². The number of halogens is 1. The number of rotatable bonds is 6. The van der Waals surface area contributed by atoms with Gasteiger partial charge >= 0.3 is 0 Å². The normalized spacial score (nSPS) is 17.0. The summed E-state index contributed by atoms with van der Waals surface area (Å²) in [6.45, 7) is 2.92. The number of aromatic nitrogens is 1. The molecule has 0 saturated carbocycles. The van der Waals surface area contributed by atoms with Crippen molar-refractivity contribution >= 4 is 37.5 Å². The molecule has 1 atom stereocenters. The number of nitrogens with zero attached hydrogens (tertiary/aromatic N) is 3. The lowest BCUT2D eigenvalue weighted by atomic mass is 10.2. The monoisotopic (exact) mass is 527 g/mol. The van der Waals surface area contributed by atoms with Crippen molar-refractivity contribution in [1.82, 2.24) is 13.8 Å². The van der Waals surface area contributed by atoms with E-state index in [0.717, 1.165) is 15.8 Å². The molecule has 36 heavy (non-hydrogen) atoms. The summed E-state index contributed by atoms with van der Waals surface area (Å²) in [6.07, 6.45) is 0. The van der Waals surface area contributed by atoms with Crippen molar-refractivity contribution < 1.29 is 22.3 Å². The van der Waals surface area contributed by atoms with Gasteiger partial charge in [0.1, 0.15) is 22.1 Å². The molecule has 2 aromatic carbocycles. The highest BCUT2D eigenvalue weighted by molar-refractivity contribution is 7.89. The van der Waals surface area contributed by atoms with Crippen LogP contribution in [-0.4, -0.2) is 60.9 Å². The Bertz CT molecular complexity index is 1510. The van der Waals surface area contributed by atoms with Gasteiger partial charge in [-0.2, -0.15) is 4.31 Å². The van der Waals surface area contributed by atoms with Gasteiger partial charge in [0.25, 0.3) is 5.91 Å². The maximum absolute atomic E-state index is 13.8. The Morgan fingerprint density at radius 1 is 1.11 bits per heavy atom. The number of thiophene rings is 1. The average molecular weight is 528 g/mol. The molecule has 10 heteroatoms. The van der Waals surface area contributed by atoms with Crippen LogP contribution in [0, 0.1) is 5.82 Å². The van der Waals surface area contributed by atoms with Gasteiger partial charge in [-0.25, -0.2) is 12.8 Å². The van der Waals surface area contributed by atoms with Gasteiger partial charge in [-0.1, -0.05) is 12.1 Å². The van der Waals surface area contributed by atoms with E-state index in [2.05, 4.69) is 0 Å². The van der Waals surface area contributed by atoms with Crippen LogP contribution in [0.3, 0.4) is 0 Å². The molecular formula is C26H26FN3O4S2. The fourth-order valence-corrected chi connectivity index (χ4v) is 7.16. The third-order valence-electron chi connectivity index (χ3n) is 6.47. The van der Waals surface area contributed by atoms with Crippen LogP contribution in [0.1, 0.15) is 23.0 Å². The summed E-state index contributed by atoms with van der Waals surface area (Å²) in [4.78, 5) is 16.5. The van der Waals surface area contributed by atoms with Crippen molar-refractivity contribution in [3.05, 3.63) is 83.1 Å². The minimum Gasteiger partial charge on any atom is -0.497 e. The first-order chi connectivity index (χ1) is 17.3. The molecule has 3 heterocycles. The van der Waals surface area contributed by atoms with Gasteiger partial charge in [0.2, 0.25) is 10.0 Å². The maximum atomic E-state index is 13.8. The number of hydrogen-bond acceptors (Lipinski definition) is 5. The van der Waals surface area contributed by atoms with E-state index in [4.69, 9.17) is 4.74 Å². The molecule has 0 spiro atoms. The van der Waals surface area contributed by atoms with Gasteiger partial charge in [-0.3, -0.25) is 4.79 Å². The number of piperazine rings is 1. The molecule has 0 N–H and O–H groups in total. The molecule has 1 fully saturated rings. The lowest BCUT2D eigenvalue weighted by molar-refractivity contribution is 0.0632. The zero-order valence-electron chi connectivity index (χ0n) is 19.9. The highest BCUT2D eigenvalue weighted by Gasteiger charge is 2.36. The van der Waals surface area contributed by atoms with E-state index < -0.39 is 16.1 Å². The largest absolute Gasteiger partial charge is 0.497 e. The Kier molecular flexibility index (Phi) is 6.59. The van der Waals surface area contributed by atoms with Crippen molar-refractivity contribution in [3.63, 3.8) is 0 Å². The number of carbonyl (C=O) groups excluding carboxylic acids is 1. The van der Waals surface area contributed by atoms with Gasteiger partial charge in [0.15, 0.2) is 0 Å². The third kappa shape index (κ3) is 4.52. The second-order valence-electron chi connectivity index (χ2n) is 8.82. The van der Waals surface area contributed by atoms with Crippen molar-refractivity contribution in [2.24, 2.45) is 0 Å². The van der Waals surface area contributed by atoms with Crippen molar-refractivity contribution in [3.8, 4) is 5.75 Å². The summed E-state index contributed by atoms with van der Waals surface area (Å²) in [7, 11) is -2.19. The number of fused-ring (bicyclic) bond motifs is 1. The van der Waals surface area contributed by atoms with Crippen LogP contribution in [0.25, 0.3) is 10.2 Å². The van der Waals surface area contributed by atoms with Gasteiger partial charge in [0, 0.05) is 37.6 Å². The smallest absolute Gasteiger partial charge is 0.270 e. The molecule has 1 amide bonds. The van der Waals surface area contributed by atoms with E-state index in [-0.39, 0.29) is 36.3 Å². The highest BCUT2D eigenvalue weighted by Crippen LogP contribution is 2.29. The molecule has 2 aromatic heterocycles. The van der Waals surface area contributed by atoms with Gasteiger partial charge in [0.05, 0.1) is 12.0 Å². The molecule has 188 valence electrons. The Morgan fingerprint density at radius 3 is 2.58 bits per heavy atom. The Labute approximate surface area is 213 Å². The fraction of sp³-hybridized carbons (Fsp3) is 0.269. The van der Waals surface area contributed by atoms with E-state index in [0.29, 0.717) is 18.0 Å². The summed E-state index contributed by atoms with van der Waals surface area (Å²) in [5.41, 5.74) is 1.28. The molecule has 0 unspecified atom stereocenters. The number of ether oxygens (including phenoxy) is 1. The SMILES string of the molecule is COc1ccc(S(=O)(=O)N2CCN(C(=O)c3cc4ccsc4n3Cc3cccc(F)c3)C[C@H]2C)cc1. The molecule has 0 aliphatic carbocycles. The molecule has 7 nitrogen and oxygen atoms in total. The second kappa shape index (κ2) is 9.68. The molecule has 5 rings (SSSR count). The second-order valence-corrected chi connectivity index (χ2v) is 11.6. The van der Waals surface area contributed by atoms with Gasteiger partial charge < -0.3 is 14.2 Å². The van der Waals surface area contributed by atoms with Crippen LogP contribution in [-0.2, 0) is 16.6 Å². The number of benzene rings is 2. The van der Waals surface area contributed by atoms with Crippen LogP contribution in [0.5, 0.6) is 5.75 Å². The van der Waals surface area contributed by atoms with Crippen molar-refractivity contribution in [2.45, 2.75) is 24.4 Å². The van der Waals surface area contributed by atoms with Crippen molar-refractivity contribution in [1.29, 1.82) is 0 Å². The Morgan fingerprint density at radius 2 is 1.89 bits per heavy atom. The van der Waals surface area contributed by atoms with Crippen molar-refractivity contribution in [2.75, 3.05) is 26.7 Å². The molecule has 1 aliphatic rings. The zero-order valence-corrected chi connectivity index (χ0v) is 21.6. The topological polar surface area (TPSA) is 71.9 Å². The predicted molar refractivity (Wildman–Crippen MR) is 138 cm³/mol. The molecule has 0 bridgehead atoms. The summed E-state index contributed by atoms with van der Waals surface area (Å²) in [5.74, 6) is 0.0969. The van der Waals surface area contributed by atoms with E-state index >= 15 is 0 Å². The highest BCUT2D eigenvalue weighted by atomic mass is 32.2. The fourth-order valence-electron chi connectivity index (χ4n) is 4.65. The number of sulfonamides is 1. The minimum atomic E-state index is -3.71. The number of hydrogen-bond donors (Lipinski definition) is 0. The summed E-state index contributed by atoms with van der Waals surface area (Å²) in [5, 5.41) is 2.92. The first-order valence-corrected chi connectivity index (χ1v) is 13.9. The lowest BCUT2D eigenvalue weighted by Crippen LogP contribution is -2.55. The van der Waals surface area contributed by atoms with Gasteiger partial charge in [-0.15, -0.1) is 11.3 Å². The Balaban J connectivity index is 1.37. The lowest BCUT2D eigenvalue weighted by Gasteiger charge is -2.39. The summed E-state index contributed by atoms with van der Waals surface area (Å²) >= 11 is 1.53. The van der Waals surface area contributed by atoms with Gasteiger partial charge in [-0.05, 0) is 66.4 Å². The average Bonchev–Trinajstić information content (AvgIpc) is 3.46. The predicted octanol–water partition coefficient (Wildman–Crippen LogP) is 4.43. The maximum Gasteiger partial charge on any atom is 0.270 e. The van der Waals surface area contributed by atoms with E-state index in [1.54, 1.807) is 23.1 Å².